The second kappa shape index (κ2) is 7.58. The molecule has 2 amide bonds. The minimum absolute atomic E-state index is 0.0309. The Labute approximate surface area is 121 Å². The van der Waals surface area contributed by atoms with E-state index in [-0.39, 0.29) is 19.4 Å². The average Bonchev–Trinajstić information content (AvgIpc) is 2.91. The zero-order chi connectivity index (χ0) is 16.0. The van der Waals surface area contributed by atoms with Gasteiger partial charge in [0.05, 0.1) is 12.6 Å². The number of carbonyl (C=O) groups excluding carboxylic acids is 2. The highest BCUT2D eigenvalue weighted by molar-refractivity contribution is 5.89. The lowest BCUT2D eigenvalue weighted by molar-refractivity contribution is -0.148. The number of hydrogen-bond donors (Lipinski definition) is 4. The van der Waals surface area contributed by atoms with E-state index in [1.54, 1.807) is 0 Å². The van der Waals surface area contributed by atoms with Crippen molar-refractivity contribution >= 4 is 23.8 Å². The second-order valence-electron chi connectivity index (χ2n) is 4.84. The molecule has 0 saturated carbocycles. The Morgan fingerprint density at radius 3 is 2.52 bits per heavy atom. The topological polar surface area (TPSA) is 150 Å². The lowest BCUT2D eigenvalue weighted by Gasteiger charge is -2.22. The van der Waals surface area contributed by atoms with Crippen LogP contribution in [0.5, 0.6) is 0 Å². The minimum atomic E-state index is -1.06. The Bertz CT molecular complexity index is 439. The quantitative estimate of drug-likeness (QED) is 0.441. The molecule has 1 fully saturated rings. The van der Waals surface area contributed by atoms with Crippen molar-refractivity contribution in [2.75, 3.05) is 13.1 Å². The van der Waals surface area contributed by atoms with Gasteiger partial charge in [0, 0.05) is 13.0 Å². The number of carboxylic acids is 2. The van der Waals surface area contributed by atoms with Gasteiger partial charge in [-0.25, -0.2) is 4.79 Å². The average molecular weight is 301 g/mol. The molecular formula is C12H19N3O6. The molecule has 1 rings (SSSR count). The molecular weight excluding hydrogens is 282 g/mol. The number of nitrogens with one attached hydrogen (secondary N) is 1. The number of hydrogen-bond acceptors (Lipinski definition) is 5. The standard InChI is InChI=1S/C12H19N3O6/c13-7(3-4-10(17)18)11(19)14-6-9(16)15-5-1-2-8(15)12(20)21/h7-8H,1-6,13H2,(H,14,19)(H,17,18)(H,20,21)/t7-,8-/m0/s1. The van der Waals surface area contributed by atoms with E-state index >= 15 is 0 Å². The van der Waals surface area contributed by atoms with Gasteiger partial charge in [-0.15, -0.1) is 0 Å². The van der Waals surface area contributed by atoms with Crippen molar-refractivity contribution in [3.63, 3.8) is 0 Å². The molecule has 1 saturated heterocycles. The van der Waals surface area contributed by atoms with Gasteiger partial charge in [-0.05, 0) is 19.3 Å². The molecule has 0 aliphatic carbocycles. The van der Waals surface area contributed by atoms with Gasteiger partial charge in [-0.2, -0.15) is 0 Å². The van der Waals surface area contributed by atoms with Crippen molar-refractivity contribution in [3.05, 3.63) is 0 Å². The number of rotatable bonds is 7. The van der Waals surface area contributed by atoms with E-state index in [2.05, 4.69) is 5.32 Å². The van der Waals surface area contributed by atoms with Gasteiger partial charge >= 0.3 is 11.9 Å². The number of carbonyl (C=O) groups is 4. The first-order valence-electron chi connectivity index (χ1n) is 6.60. The predicted molar refractivity (Wildman–Crippen MR) is 70.2 cm³/mol. The summed E-state index contributed by atoms with van der Waals surface area (Å²) in [6.07, 6.45) is 0.731. The van der Waals surface area contributed by atoms with Crippen LogP contribution in [0, 0.1) is 0 Å². The van der Waals surface area contributed by atoms with Crippen LogP contribution in [0.3, 0.4) is 0 Å². The number of aliphatic carboxylic acids is 2. The second-order valence-corrected chi connectivity index (χ2v) is 4.84. The van der Waals surface area contributed by atoms with Crippen LogP contribution in [0.4, 0.5) is 0 Å². The number of carboxylic acid groups (broad SMARTS) is 2. The Balaban J connectivity index is 2.40. The van der Waals surface area contributed by atoms with Gasteiger partial charge in [-0.3, -0.25) is 14.4 Å². The minimum Gasteiger partial charge on any atom is -0.481 e. The summed E-state index contributed by atoms with van der Waals surface area (Å²) in [4.78, 5) is 46.0. The molecule has 1 aliphatic heterocycles. The van der Waals surface area contributed by atoms with Crippen LogP contribution in [0.25, 0.3) is 0 Å². The normalized spacial score (nSPS) is 19.1. The summed E-state index contributed by atoms with van der Waals surface area (Å²) < 4.78 is 0. The first-order chi connectivity index (χ1) is 9.82. The van der Waals surface area contributed by atoms with Crippen LogP contribution < -0.4 is 11.1 Å². The summed E-state index contributed by atoms with van der Waals surface area (Å²) in [6.45, 7) is 0.000122. The van der Waals surface area contributed by atoms with Gasteiger partial charge < -0.3 is 26.2 Å². The molecule has 0 aromatic rings. The van der Waals surface area contributed by atoms with Crippen LogP contribution in [-0.2, 0) is 19.2 Å². The van der Waals surface area contributed by atoms with Gasteiger partial charge in [0.1, 0.15) is 6.04 Å². The van der Waals surface area contributed by atoms with Gasteiger partial charge in [0.25, 0.3) is 0 Å². The molecule has 1 aliphatic rings. The number of likely N-dealkylation sites (tertiary alicyclic amines) is 1. The van der Waals surface area contributed by atoms with E-state index in [4.69, 9.17) is 15.9 Å². The van der Waals surface area contributed by atoms with Crippen LogP contribution in [0.1, 0.15) is 25.7 Å². The van der Waals surface area contributed by atoms with Gasteiger partial charge in [0.15, 0.2) is 0 Å². The van der Waals surface area contributed by atoms with Crippen molar-refractivity contribution in [2.24, 2.45) is 5.73 Å². The SMILES string of the molecule is N[C@@H](CCC(=O)O)C(=O)NCC(=O)N1CCC[C@H]1C(=O)O. The summed E-state index contributed by atoms with van der Waals surface area (Å²) in [7, 11) is 0. The van der Waals surface area contributed by atoms with Crippen molar-refractivity contribution in [3.8, 4) is 0 Å². The number of nitrogens with zero attached hydrogens (tertiary/aromatic N) is 1. The molecule has 0 unspecified atom stereocenters. The molecule has 1 heterocycles. The van der Waals surface area contributed by atoms with E-state index in [1.165, 1.54) is 4.90 Å². The third-order valence-corrected chi connectivity index (χ3v) is 3.28. The van der Waals surface area contributed by atoms with Crippen LogP contribution in [-0.4, -0.2) is 64.0 Å². The highest BCUT2D eigenvalue weighted by Gasteiger charge is 2.33. The Kier molecular flexibility index (Phi) is 6.10. The molecule has 0 bridgehead atoms. The highest BCUT2D eigenvalue weighted by Crippen LogP contribution is 2.17. The summed E-state index contributed by atoms with van der Waals surface area (Å²) in [6, 6.07) is -1.86. The van der Waals surface area contributed by atoms with Crippen LogP contribution in [0.2, 0.25) is 0 Å². The molecule has 2 atom stereocenters. The van der Waals surface area contributed by atoms with Crippen LogP contribution in [0.15, 0.2) is 0 Å². The first-order valence-corrected chi connectivity index (χ1v) is 6.60. The van der Waals surface area contributed by atoms with E-state index in [9.17, 15) is 19.2 Å². The number of amides is 2. The third-order valence-electron chi connectivity index (χ3n) is 3.28. The van der Waals surface area contributed by atoms with Crippen LogP contribution >= 0.6 is 0 Å². The lowest BCUT2D eigenvalue weighted by Crippen LogP contribution is -2.48. The number of nitrogens with two attached hydrogens (primary N) is 1. The van der Waals surface area contributed by atoms with Gasteiger partial charge in [-0.1, -0.05) is 0 Å². The maximum atomic E-state index is 11.9. The maximum Gasteiger partial charge on any atom is 0.326 e. The molecule has 0 spiro atoms. The molecule has 9 nitrogen and oxygen atoms in total. The molecule has 118 valence electrons. The molecule has 9 heteroatoms. The molecule has 0 radical (unpaired) electrons. The smallest absolute Gasteiger partial charge is 0.326 e. The molecule has 0 aromatic carbocycles. The monoisotopic (exact) mass is 301 g/mol. The van der Waals surface area contributed by atoms with E-state index in [0.717, 1.165) is 0 Å². The summed E-state index contributed by atoms with van der Waals surface area (Å²) in [5.74, 6) is -3.24. The fourth-order valence-corrected chi connectivity index (χ4v) is 2.13. The zero-order valence-corrected chi connectivity index (χ0v) is 11.4. The molecule has 0 aromatic heterocycles. The largest absolute Gasteiger partial charge is 0.481 e. The van der Waals surface area contributed by atoms with E-state index < -0.39 is 35.8 Å². The first kappa shape index (κ1) is 16.9. The molecule has 5 N–H and O–H groups in total. The summed E-state index contributed by atoms with van der Waals surface area (Å²) in [5, 5.41) is 19.7. The Hall–Kier alpha value is -2.16. The summed E-state index contributed by atoms with van der Waals surface area (Å²) >= 11 is 0. The fourth-order valence-electron chi connectivity index (χ4n) is 2.13. The van der Waals surface area contributed by atoms with E-state index in [0.29, 0.717) is 19.4 Å². The third kappa shape index (κ3) is 5.03. The van der Waals surface area contributed by atoms with Crippen molar-refractivity contribution in [2.45, 2.75) is 37.8 Å². The van der Waals surface area contributed by atoms with Crippen molar-refractivity contribution in [1.29, 1.82) is 0 Å². The van der Waals surface area contributed by atoms with Crippen molar-refractivity contribution < 1.29 is 29.4 Å². The van der Waals surface area contributed by atoms with Crippen molar-refractivity contribution in [1.82, 2.24) is 10.2 Å². The lowest BCUT2D eigenvalue weighted by atomic mass is 10.1. The zero-order valence-electron chi connectivity index (χ0n) is 11.4. The summed E-state index contributed by atoms with van der Waals surface area (Å²) in [5.41, 5.74) is 5.49. The Morgan fingerprint density at radius 2 is 1.95 bits per heavy atom. The fraction of sp³-hybridized carbons (Fsp3) is 0.667. The highest BCUT2D eigenvalue weighted by atomic mass is 16.4. The maximum absolute atomic E-state index is 11.9. The van der Waals surface area contributed by atoms with Gasteiger partial charge in [0.2, 0.25) is 11.8 Å². The Morgan fingerprint density at radius 1 is 1.29 bits per heavy atom. The predicted octanol–water partition coefficient (Wildman–Crippen LogP) is -1.63. The molecule has 21 heavy (non-hydrogen) atoms. The van der Waals surface area contributed by atoms with E-state index in [1.807, 2.05) is 0 Å².